The Bertz CT molecular complexity index is 446. The molecule has 9 atom stereocenters. The number of aliphatic hydroxyl groups is 7. The summed E-state index contributed by atoms with van der Waals surface area (Å²) in [5.41, 5.74) is 0.153. The Hall–Kier alpha value is -0.660. The maximum atomic E-state index is 9.99. The van der Waals surface area contributed by atoms with Crippen molar-refractivity contribution < 1.29 is 45.2 Å². The van der Waals surface area contributed by atoms with Crippen LogP contribution in [0, 0.1) is 0 Å². The number of hydrogen-bond acceptors (Lipinski definition) is 10. The van der Waals surface area contributed by atoms with Crippen molar-refractivity contribution >= 4 is 0 Å². The van der Waals surface area contributed by atoms with Gasteiger partial charge in [-0.25, -0.2) is 0 Å². The summed E-state index contributed by atoms with van der Waals surface area (Å²) < 4.78 is 10.2. The van der Waals surface area contributed by atoms with Gasteiger partial charge in [0.1, 0.15) is 42.7 Å². The van der Waals surface area contributed by atoms with E-state index >= 15 is 0 Å². The zero-order valence-corrected chi connectivity index (χ0v) is 13.1. The number of ether oxygens (including phenoxy) is 2. The molecular weight excluding hydrogens is 326 g/mol. The van der Waals surface area contributed by atoms with Gasteiger partial charge >= 0.3 is 0 Å². The van der Waals surface area contributed by atoms with E-state index in [1.807, 2.05) is 0 Å². The summed E-state index contributed by atoms with van der Waals surface area (Å²) in [4.78, 5) is 0. The molecule has 0 spiro atoms. The number of rotatable bonds is 5. The summed E-state index contributed by atoms with van der Waals surface area (Å²) >= 11 is 0. The van der Waals surface area contributed by atoms with E-state index in [9.17, 15) is 35.7 Å². The Kier molecular flexibility index (Phi) is 6.67. The molecule has 0 aromatic heterocycles. The molecule has 10 nitrogen and oxygen atoms in total. The number of methoxy groups -OCH3 is 1. The number of aliphatic hydroxyl groups excluding tert-OH is 7. The maximum Gasteiger partial charge on any atom is 0.186 e. The van der Waals surface area contributed by atoms with Gasteiger partial charge < -0.3 is 50.5 Å². The second-order valence-corrected chi connectivity index (χ2v) is 6.01. The van der Waals surface area contributed by atoms with Crippen LogP contribution in [0.5, 0.6) is 0 Å². The summed E-state index contributed by atoms with van der Waals surface area (Å²) in [6.45, 7) is -0.535. The van der Waals surface area contributed by atoms with Gasteiger partial charge in [0.2, 0.25) is 0 Å². The normalized spacial score (nSPS) is 46.7. The molecule has 0 amide bonds. The smallest absolute Gasteiger partial charge is 0.186 e. The van der Waals surface area contributed by atoms with Crippen LogP contribution in [0.2, 0.25) is 0 Å². The molecule has 1 aliphatic carbocycles. The first-order valence-corrected chi connectivity index (χ1v) is 7.63. The van der Waals surface area contributed by atoms with Crippen molar-refractivity contribution in [1.29, 1.82) is 0 Å². The van der Waals surface area contributed by atoms with Gasteiger partial charge in [-0.2, -0.15) is 0 Å². The molecule has 140 valence electrons. The molecule has 2 aliphatic rings. The Labute approximate surface area is 138 Å². The van der Waals surface area contributed by atoms with Gasteiger partial charge in [-0.05, 0) is 5.57 Å². The zero-order valence-electron chi connectivity index (χ0n) is 13.1. The minimum Gasteiger partial charge on any atom is -0.392 e. The van der Waals surface area contributed by atoms with Crippen LogP contribution in [0.3, 0.4) is 0 Å². The Balaban J connectivity index is 2.02. The molecule has 9 unspecified atom stereocenters. The van der Waals surface area contributed by atoms with Crippen molar-refractivity contribution in [3.05, 3.63) is 11.6 Å². The minimum atomic E-state index is -1.48. The predicted octanol–water partition coefficient (Wildman–Crippen LogP) is -4.59. The Morgan fingerprint density at radius 3 is 2.25 bits per heavy atom. The third kappa shape index (κ3) is 3.78. The summed E-state index contributed by atoms with van der Waals surface area (Å²) in [7, 11) is 1.28. The van der Waals surface area contributed by atoms with Crippen LogP contribution in [0.25, 0.3) is 0 Å². The third-order valence-electron chi connectivity index (χ3n) is 4.45. The maximum absolute atomic E-state index is 9.99. The van der Waals surface area contributed by atoms with Crippen molar-refractivity contribution in [3.63, 3.8) is 0 Å². The predicted molar refractivity (Wildman–Crippen MR) is 78.7 cm³/mol. The lowest BCUT2D eigenvalue weighted by atomic mass is 9.88. The molecule has 1 saturated heterocycles. The highest BCUT2D eigenvalue weighted by Crippen LogP contribution is 2.23. The van der Waals surface area contributed by atoms with E-state index in [4.69, 9.17) is 9.47 Å². The van der Waals surface area contributed by atoms with Gasteiger partial charge in [-0.3, -0.25) is 0 Å². The van der Waals surface area contributed by atoms with Crippen LogP contribution < -0.4 is 5.32 Å². The largest absolute Gasteiger partial charge is 0.392 e. The quantitative estimate of drug-likeness (QED) is 0.225. The highest BCUT2D eigenvalue weighted by atomic mass is 16.7. The van der Waals surface area contributed by atoms with Gasteiger partial charge in [-0.15, -0.1) is 0 Å². The Morgan fingerprint density at radius 2 is 1.67 bits per heavy atom. The SMILES string of the molecule is COC1OC(CNC2C=C(CO)C(O)C(O)C2O)C(O)C(O)C1O. The molecule has 1 fully saturated rings. The molecule has 2 rings (SSSR count). The zero-order chi connectivity index (χ0) is 18.0. The van der Waals surface area contributed by atoms with Crippen LogP contribution in [-0.2, 0) is 9.47 Å². The summed E-state index contributed by atoms with van der Waals surface area (Å²) in [6.07, 6.45) is -9.14. The van der Waals surface area contributed by atoms with Crippen LogP contribution in [0.1, 0.15) is 0 Å². The van der Waals surface area contributed by atoms with E-state index in [2.05, 4.69) is 5.32 Å². The Morgan fingerprint density at radius 1 is 1.00 bits per heavy atom. The fraction of sp³-hybridized carbons (Fsp3) is 0.857. The minimum absolute atomic E-state index is 0.0510. The molecule has 0 saturated carbocycles. The van der Waals surface area contributed by atoms with E-state index in [0.717, 1.165) is 0 Å². The fourth-order valence-corrected chi connectivity index (χ4v) is 2.90. The van der Waals surface area contributed by atoms with E-state index in [-0.39, 0.29) is 12.1 Å². The van der Waals surface area contributed by atoms with Gasteiger partial charge in [-0.1, -0.05) is 6.08 Å². The molecule has 0 bridgehead atoms. The van der Waals surface area contributed by atoms with Crippen LogP contribution in [0.15, 0.2) is 11.6 Å². The molecule has 0 aromatic rings. The van der Waals surface area contributed by atoms with Crippen molar-refractivity contribution in [2.75, 3.05) is 20.3 Å². The standard InChI is InChI=1S/C14H25NO9/c1-23-14-13(22)12(21)10(19)7(24-14)3-15-6-2-5(4-16)8(17)11(20)9(6)18/h2,6-22H,3-4H2,1H3. The lowest BCUT2D eigenvalue weighted by Gasteiger charge is -2.41. The van der Waals surface area contributed by atoms with Gasteiger partial charge in [0, 0.05) is 13.7 Å². The van der Waals surface area contributed by atoms with E-state index < -0.39 is 61.7 Å². The summed E-state index contributed by atoms with van der Waals surface area (Å²) in [5.74, 6) is 0. The van der Waals surface area contributed by atoms with Crippen molar-refractivity contribution in [2.45, 2.75) is 55.1 Å². The molecule has 0 aromatic carbocycles. The van der Waals surface area contributed by atoms with Crippen molar-refractivity contribution in [3.8, 4) is 0 Å². The number of hydrogen-bond donors (Lipinski definition) is 8. The first-order valence-electron chi connectivity index (χ1n) is 7.63. The monoisotopic (exact) mass is 351 g/mol. The molecule has 1 heterocycles. The van der Waals surface area contributed by atoms with E-state index in [0.29, 0.717) is 0 Å². The molecule has 0 radical (unpaired) electrons. The van der Waals surface area contributed by atoms with Gasteiger partial charge in [0.25, 0.3) is 0 Å². The topological polar surface area (TPSA) is 172 Å². The van der Waals surface area contributed by atoms with Crippen LogP contribution in [0.4, 0.5) is 0 Å². The average molecular weight is 351 g/mol. The third-order valence-corrected chi connectivity index (χ3v) is 4.45. The highest BCUT2D eigenvalue weighted by molar-refractivity contribution is 5.21. The van der Waals surface area contributed by atoms with Crippen LogP contribution >= 0.6 is 0 Å². The summed E-state index contributed by atoms with van der Waals surface area (Å²) in [6, 6.07) is -0.814. The second-order valence-electron chi connectivity index (χ2n) is 6.01. The molecular formula is C14H25NO9. The van der Waals surface area contributed by atoms with Crippen molar-refractivity contribution in [1.82, 2.24) is 5.32 Å². The lowest BCUT2D eigenvalue weighted by molar-refractivity contribution is -0.288. The van der Waals surface area contributed by atoms with E-state index in [1.54, 1.807) is 0 Å². The average Bonchev–Trinajstić information content (AvgIpc) is 2.58. The first kappa shape index (κ1) is 19.7. The van der Waals surface area contributed by atoms with Gasteiger partial charge in [0.05, 0.1) is 12.6 Å². The second kappa shape index (κ2) is 8.15. The van der Waals surface area contributed by atoms with Gasteiger partial charge in [0.15, 0.2) is 6.29 Å². The lowest BCUT2D eigenvalue weighted by Crippen LogP contribution is -2.62. The molecule has 24 heavy (non-hydrogen) atoms. The number of nitrogens with one attached hydrogen (secondary N) is 1. The van der Waals surface area contributed by atoms with E-state index in [1.165, 1.54) is 13.2 Å². The first-order chi connectivity index (χ1) is 11.3. The highest BCUT2D eigenvalue weighted by Gasteiger charge is 2.44. The summed E-state index contributed by atoms with van der Waals surface area (Å²) in [5, 5.41) is 71.0. The van der Waals surface area contributed by atoms with Crippen molar-refractivity contribution in [2.24, 2.45) is 0 Å². The molecule has 1 aliphatic heterocycles. The molecule has 10 heteroatoms. The fourth-order valence-electron chi connectivity index (χ4n) is 2.90. The molecule has 8 N–H and O–H groups in total. The van der Waals surface area contributed by atoms with Crippen LogP contribution in [-0.4, -0.2) is 111 Å².